The first-order valence-electron chi connectivity index (χ1n) is 10.7. The van der Waals surface area contributed by atoms with Gasteiger partial charge in [-0.3, -0.25) is 9.10 Å². The SMILES string of the molecule is O=C(COC(=O)c1ccc(Cl)c(S(=O)(=O)N2CCc3ccccc32)c1)NC1CCCCC1. The number of carbonyl (C=O) groups excluding carboxylic acids is 2. The van der Waals surface area contributed by atoms with Gasteiger partial charge in [-0.1, -0.05) is 49.1 Å². The Hall–Kier alpha value is -2.58. The van der Waals surface area contributed by atoms with Crippen LogP contribution < -0.4 is 9.62 Å². The number of anilines is 1. The van der Waals surface area contributed by atoms with Gasteiger partial charge in [-0.2, -0.15) is 0 Å². The Bertz CT molecular complexity index is 1130. The van der Waals surface area contributed by atoms with Crippen LogP contribution in [-0.2, 0) is 26.0 Å². The molecular weight excluding hydrogens is 452 g/mol. The first kappa shape index (κ1) is 22.6. The zero-order valence-corrected chi connectivity index (χ0v) is 19.1. The average Bonchev–Trinajstić information content (AvgIpc) is 3.23. The van der Waals surface area contributed by atoms with Gasteiger partial charge in [0.05, 0.1) is 16.3 Å². The highest BCUT2D eigenvalue weighted by Crippen LogP contribution is 2.35. The normalized spacial score (nSPS) is 16.5. The van der Waals surface area contributed by atoms with Crippen molar-refractivity contribution in [1.82, 2.24) is 5.32 Å². The number of nitrogens with zero attached hydrogens (tertiary/aromatic N) is 1. The van der Waals surface area contributed by atoms with E-state index in [9.17, 15) is 18.0 Å². The number of benzene rings is 2. The number of fused-ring (bicyclic) bond motifs is 1. The van der Waals surface area contributed by atoms with Crippen LogP contribution in [0.3, 0.4) is 0 Å². The number of sulfonamides is 1. The molecule has 1 aliphatic carbocycles. The third kappa shape index (κ3) is 4.76. The average molecular weight is 477 g/mol. The van der Waals surface area contributed by atoms with Crippen molar-refractivity contribution in [3.63, 3.8) is 0 Å². The fraction of sp³-hybridized carbons (Fsp3) is 0.391. The number of hydrogen-bond donors (Lipinski definition) is 1. The summed E-state index contributed by atoms with van der Waals surface area (Å²) in [5, 5.41) is 2.89. The Labute approximate surface area is 192 Å². The Morgan fingerprint density at radius 2 is 1.84 bits per heavy atom. The van der Waals surface area contributed by atoms with Crippen LogP contribution in [-0.4, -0.2) is 39.5 Å². The molecule has 1 amide bonds. The lowest BCUT2D eigenvalue weighted by atomic mass is 9.95. The molecule has 0 bridgehead atoms. The van der Waals surface area contributed by atoms with Crippen LogP contribution in [0.2, 0.25) is 5.02 Å². The Kier molecular flexibility index (Phi) is 6.71. The molecule has 0 spiro atoms. The molecule has 2 aliphatic rings. The molecule has 2 aromatic carbocycles. The quantitative estimate of drug-likeness (QED) is 0.642. The second-order valence-electron chi connectivity index (χ2n) is 8.08. The van der Waals surface area contributed by atoms with E-state index in [0.29, 0.717) is 18.7 Å². The Morgan fingerprint density at radius 3 is 2.62 bits per heavy atom. The largest absolute Gasteiger partial charge is 0.452 e. The maximum Gasteiger partial charge on any atom is 0.338 e. The maximum atomic E-state index is 13.3. The summed E-state index contributed by atoms with van der Waals surface area (Å²) < 4.78 is 33.0. The second kappa shape index (κ2) is 9.50. The first-order valence-corrected chi connectivity index (χ1v) is 12.5. The van der Waals surface area contributed by atoms with Gasteiger partial charge in [0.15, 0.2) is 6.61 Å². The zero-order chi connectivity index (χ0) is 22.7. The van der Waals surface area contributed by atoms with Crippen LogP contribution in [0.4, 0.5) is 5.69 Å². The lowest BCUT2D eigenvalue weighted by Crippen LogP contribution is -2.38. The van der Waals surface area contributed by atoms with Crippen LogP contribution in [0.25, 0.3) is 0 Å². The van der Waals surface area contributed by atoms with Gasteiger partial charge in [0.25, 0.3) is 15.9 Å². The van der Waals surface area contributed by atoms with Crippen molar-refractivity contribution in [3.8, 4) is 0 Å². The number of carbonyl (C=O) groups is 2. The van der Waals surface area contributed by atoms with E-state index < -0.39 is 22.6 Å². The number of para-hydroxylation sites is 1. The summed E-state index contributed by atoms with van der Waals surface area (Å²) in [6, 6.07) is 11.3. The third-order valence-electron chi connectivity index (χ3n) is 5.88. The molecule has 170 valence electrons. The van der Waals surface area contributed by atoms with Crippen LogP contribution in [0, 0.1) is 0 Å². The summed E-state index contributed by atoms with van der Waals surface area (Å²) in [6.07, 6.45) is 5.79. The molecular formula is C23H25ClN2O5S. The summed E-state index contributed by atoms with van der Waals surface area (Å²) in [5.74, 6) is -1.14. The van der Waals surface area contributed by atoms with E-state index in [1.165, 1.54) is 28.9 Å². The maximum absolute atomic E-state index is 13.3. The molecule has 0 aromatic heterocycles. The molecule has 9 heteroatoms. The fourth-order valence-electron chi connectivity index (χ4n) is 4.24. The summed E-state index contributed by atoms with van der Waals surface area (Å²) in [7, 11) is -3.97. The molecule has 4 rings (SSSR count). The van der Waals surface area contributed by atoms with Crippen molar-refractivity contribution >= 4 is 39.2 Å². The number of ether oxygens (including phenoxy) is 1. The third-order valence-corrected chi connectivity index (χ3v) is 8.18. The fourth-order valence-corrected chi connectivity index (χ4v) is 6.24. The van der Waals surface area contributed by atoms with Crippen LogP contribution in [0.15, 0.2) is 47.4 Å². The van der Waals surface area contributed by atoms with Gasteiger partial charge >= 0.3 is 5.97 Å². The van der Waals surface area contributed by atoms with E-state index in [2.05, 4.69) is 5.32 Å². The highest BCUT2D eigenvalue weighted by Gasteiger charge is 2.32. The number of rotatable bonds is 6. The molecule has 1 heterocycles. The van der Waals surface area contributed by atoms with Crippen molar-refractivity contribution in [1.29, 1.82) is 0 Å². The summed E-state index contributed by atoms with van der Waals surface area (Å²) in [6.45, 7) is -0.117. The van der Waals surface area contributed by atoms with Crippen molar-refractivity contribution in [2.24, 2.45) is 0 Å². The first-order chi connectivity index (χ1) is 15.4. The van der Waals surface area contributed by atoms with E-state index in [4.69, 9.17) is 16.3 Å². The summed E-state index contributed by atoms with van der Waals surface area (Å²) in [5.41, 5.74) is 1.56. The summed E-state index contributed by atoms with van der Waals surface area (Å²) >= 11 is 6.20. The number of esters is 1. The molecule has 1 fully saturated rings. The van der Waals surface area contributed by atoms with Gasteiger partial charge in [-0.05, 0) is 49.1 Å². The van der Waals surface area contributed by atoms with Crippen molar-refractivity contribution in [2.45, 2.75) is 49.5 Å². The van der Waals surface area contributed by atoms with Gasteiger partial charge in [0.1, 0.15) is 4.90 Å². The van der Waals surface area contributed by atoms with E-state index >= 15 is 0 Å². The highest BCUT2D eigenvalue weighted by molar-refractivity contribution is 7.93. The van der Waals surface area contributed by atoms with Gasteiger partial charge in [-0.15, -0.1) is 0 Å². The van der Waals surface area contributed by atoms with Crippen molar-refractivity contribution in [3.05, 3.63) is 58.6 Å². The number of halogens is 1. The zero-order valence-electron chi connectivity index (χ0n) is 17.6. The van der Waals surface area contributed by atoms with E-state index in [1.54, 1.807) is 12.1 Å². The topological polar surface area (TPSA) is 92.8 Å². The molecule has 0 unspecified atom stereocenters. The predicted octanol–water partition coefficient (Wildman–Crippen LogP) is 3.70. The number of hydrogen-bond acceptors (Lipinski definition) is 5. The van der Waals surface area contributed by atoms with Crippen molar-refractivity contribution in [2.75, 3.05) is 17.5 Å². The molecule has 0 radical (unpaired) electrons. The smallest absolute Gasteiger partial charge is 0.338 e. The lowest BCUT2D eigenvalue weighted by Gasteiger charge is -2.22. The van der Waals surface area contributed by atoms with E-state index in [-0.39, 0.29) is 27.4 Å². The molecule has 1 N–H and O–H groups in total. The minimum atomic E-state index is -3.97. The minimum Gasteiger partial charge on any atom is -0.452 e. The Morgan fingerprint density at radius 1 is 1.09 bits per heavy atom. The monoisotopic (exact) mass is 476 g/mol. The minimum absolute atomic E-state index is 0.0148. The number of amides is 1. The van der Waals surface area contributed by atoms with E-state index in [1.807, 2.05) is 12.1 Å². The second-order valence-corrected chi connectivity index (χ2v) is 10.3. The molecule has 0 atom stereocenters. The highest BCUT2D eigenvalue weighted by atomic mass is 35.5. The Balaban J connectivity index is 1.46. The van der Waals surface area contributed by atoms with E-state index in [0.717, 1.165) is 31.2 Å². The lowest BCUT2D eigenvalue weighted by molar-refractivity contribution is -0.125. The molecule has 1 aliphatic heterocycles. The molecule has 2 aromatic rings. The molecule has 32 heavy (non-hydrogen) atoms. The standard InChI is InChI=1S/C23H25ClN2O5S/c24-19-11-10-17(23(28)31-15-22(27)25-18-7-2-1-3-8-18)14-21(19)32(29,30)26-13-12-16-6-4-5-9-20(16)26/h4-6,9-11,14,18H,1-3,7-8,12-13,15H2,(H,25,27). The molecule has 7 nitrogen and oxygen atoms in total. The van der Waals surface area contributed by atoms with Crippen LogP contribution in [0.1, 0.15) is 48.0 Å². The number of nitrogens with one attached hydrogen (secondary N) is 1. The van der Waals surface area contributed by atoms with Crippen molar-refractivity contribution < 1.29 is 22.7 Å². The summed E-state index contributed by atoms with van der Waals surface area (Å²) in [4.78, 5) is 24.4. The van der Waals surface area contributed by atoms with Crippen LogP contribution >= 0.6 is 11.6 Å². The van der Waals surface area contributed by atoms with Gasteiger partial charge in [0.2, 0.25) is 0 Å². The molecule has 1 saturated carbocycles. The predicted molar refractivity (Wildman–Crippen MR) is 121 cm³/mol. The van der Waals surface area contributed by atoms with Gasteiger partial charge in [0, 0.05) is 12.6 Å². The van der Waals surface area contributed by atoms with Gasteiger partial charge < -0.3 is 10.1 Å². The molecule has 0 saturated heterocycles. The van der Waals surface area contributed by atoms with Crippen LogP contribution in [0.5, 0.6) is 0 Å². The van der Waals surface area contributed by atoms with Gasteiger partial charge in [-0.25, -0.2) is 13.2 Å².